The molecule has 0 spiro atoms. The zero-order valence-corrected chi connectivity index (χ0v) is 15.0. The summed E-state index contributed by atoms with van der Waals surface area (Å²) < 4.78 is 0. The van der Waals surface area contributed by atoms with Gasteiger partial charge in [0.05, 0.1) is 0 Å². The minimum atomic E-state index is 0.716. The van der Waals surface area contributed by atoms with E-state index in [-0.39, 0.29) is 0 Å². The highest BCUT2D eigenvalue weighted by Crippen LogP contribution is 2.20. The quantitative estimate of drug-likeness (QED) is 0.687. The van der Waals surface area contributed by atoms with Crippen molar-refractivity contribution in [3.8, 4) is 0 Å². The highest BCUT2D eigenvalue weighted by Gasteiger charge is 2.23. The molecule has 4 aliphatic rings. The number of rotatable bonds is 0. The van der Waals surface area contributed by atoms with Crippen LogP contribution < -0.4 is 0 Å². The summed E-state index contributed by atoms with van der Waals surface area (Å²) in [5, 5.41) is 0. The SMILES string of the molecule is CC1CCCCN2CCCN=C12.CN1CCCN2CCCN=C12. The maximum Gasteiger partial charge on any atom is 0.196 e. The van der Waals surface area contributed by atoms with Gasteiger partial charge >= 0.3 is 0 Å². The molecular formula is C18H33N5. The lowest BCUT2D eigenvalue weighted by Crippen LogP contribution is -2.50. The number of hydrogen-bond donors (Lipinski definition) is 0. The molecule has 5 nitrogen and oxygen atoms in total. The summed E-state index contributed by atoms with van der Waals surface area (Å²) in [4.78, 5) is 16.3. The van der Waals surface area contributed by atoms with Gasteiger partial charge in [-0.1, -0.05) is 13.3 Å². The number of guanidine groups is 1. The topological polar surface area (TPSA) is 34.4 Å². The zero-order chi connectivity index (χ0) is 16.1. The van der Waals surface area contributed by atoms with Crippen molar-refractivity contribution in [3.63, 3.8) is 0 Å². The molecule has 130 valence electrons. The van der Waals surface area contributed by atoms with Gasteiger partial charge in [-0.05, 0) is 32.1 Å². The Hall–Kier alpha value is -1.26. The van der Waals surface area contributed by atoms with Crippen LogP contribution in [0.3, 0.4) is 0 Å². The molecule has 0 saturated carbocycles. The van der Waals surface area contributed by atoms with Gasteiger partial charge in [0, 0.05) is 58.8 Å². The molecular weight excluding hydrogens is 286 g/mol. The lowest BCUT2D eigenvalue weighted by atomic mass is 10.0. The second kappa shape index (κ2) is 8.02. The molecule has 23 heavy (non-hydrogen) atoms. The Bertz CT molecular complexity index is 445. The van der Waals surface area contributed by atoms with Gasteiger partial charge in [-0.15, -0.1) is 0 Å². The van der Waals surface area contributed by atoms with E-state index in [2.05, 4.69) is 38.7 Å². The number of nitrogens with zero attached hydrogens (tertiary/aromatic N) is 5. The van der Waals surface area contributed by atoms with Gasteiger partial charge in [0.2, 0.25) is 0 Å². The van der Waals surface area contributed by atoms with E-state index in [1.807, 2.05) is 0 Å². The Morgan fingerprint density at radius 3 is 2.30 bits per heavy atom. The maximum atomic E-state index is 4.64. The molecule has 1 atom stereocenters. The van der Waals surface area contributed by atoms with Crippen LogP contribution in [0.25, 0.3) is 0 Å². The first-order chi connectivity index (χ1) is 11.3. The van der Waals surface area contributed by atoms with E-state index >= 15 is 0 Å². The lowest BCUT2D eigenvalue weighted by molar-refractivity contribution is 0.269. The minimum Gasteiger partial charge on any atom is -0.360 e. The van der Waals surface area contributed by atoms with Crippen molar-refractivity contribution >= 4 is 11.8 Å². The van der Waals surface area contributed by atoms with Crippen LogP contribution >= 0.6 is 0 Å². The second-order valence-corrected chi connectivity index (χ2v) is 7.27. The lowest BCUT2D eigenvalue weighted by Gasteiger charge is -2.39. The van der Waals surface area contributed by atoms with Gasteiger partial charge in [0.15, 0.2) is 5.96 Å². The van der Waals surface area contributed by atoms with Crippen molar-refractivity contribution in [1.82, 2.24) is 14.7 Å². The van der Waals surface area contributed by atoms with Crippen molar-refractivity contribution in [2.45, 2.75) is 45.4 Å². The third-order valence-electron chi connectivity index (χ3n) is 5.33. The Morgan fingerprint density at radius 2 is 1.48 bits per heavy atom. The van der Waals surface area contributed by atoms with E-state index in [1.54, 1.807) is 0 Å². The number of aliphatic imine (C=N–C) groups is 2. The first-order valence-corrected chi connectivity index (χ1v) is 9.55. The summed E-state index contributed by atoms with van der Waals surface area (Å²) in [6.07, 6.45) is 7.87. The molecule has 4 aliphatic heterocycles. The Kier molecular flexibility index (Phi) is 5.79. The summed E-state index contributed by atoms with van der Waals surface area (Å²) in [6.45, 7) is 10.5. The number of hydrogen-bond acceptors (Lipinski definition) is 5. The molecule has 0 radical (unpaired) electrons. The maximum absolute atomic E-state index is 4.64. The summed E-state index contributed by atoms with van der Waals surface area (Å²) in [7, 11) is 2.14. The molecule has 0 aliphatic carbocycles. The van der Waals surface area contributed by atoms with E-state index < -0.39 is 0 Å². The molecule has 2 fully saturated rings. The van der Waals surface area contributed by atoms with Crippen LogP contribution in [-0.4, -0.2) is 79.4 Å². The van der Waals surface area contributed by atoms with Crippen LogP contribution in [0.4, 0.5) is 0 Å². The largest absolute Gasteiger partial charge is 0.360 e. The van der Waals surface area contributed by atoms with Crippen molar-refractivity contribution in [2.75, 3.05) is 52.9 Å². The molecule has 4 heterocycles. The first-order valence-electron chi connectivity index (χ1n) is 9.55. The monoisotopic (exact) mass is 319 g/mol. The van der Waals surface area contributed by atoms with E-state index in [0.29, 0.717) is 5.92 Å². The van der Waals surface area contributed by atoms with Crippen LogP contribution in [0, 0.1) is 5.92 Å². The van der Waals surface area contributed by atoms with Crippen LogP contribution in [0.5, 0.6) is 0 Å². The van der Waals surface area contributed by atoms with Gasteiger partial charge in [-0.25, -0.2) is 0 Å². The summed E-state index contributed by atoms with van der Waals surface area (Å²) in [5.41, 5.74) is 0. The van der Waals surface area contributed by atoms with Crippen molar-refractivity contribution in [1.29, 1.82) is 0 Å². The van der Waals surface area contributed by atoms with Gasteiger partial charge in [0.25, 0.3) is 0 Å². The molecule has 0 bridgehead atoms. The predicted octanol–water partition coefficient (Wildman–Crippen LogP) is 2.29. The van der Waals surface area contributed by atoms with E-state index in [9.17, 15) is 0 Å². The van der Waals surface area contributed by atoms with Crippen molar-refractivity contribution in [3.05, 3.63) is 0 Å². The smallest absolute Gasteiger partial charge is 0.196 e. The van der Waals surface area contributed by atoms with Crippen molar-refractivity contribution in [2.24, 2.45) is 15.9 Å². The highest BCUT2D eigenvalue weighted by molar-refractivity contribution is 5.85. The first kappa shape index (κ1) is 16.6. The van der Waals surface area contributed by atoms with Gasteiger partial charge in [-0.2, -0.15) is 0 Å². The molecule has 1 unspecified atom stereocenters. The number of fused-ring (bicyclic) bond motifs is 2. The third kappa shape index (κ3) is 4.18. The fourth-order valence-corrected chi connectivity index (χ4v) is 4.06. The predicted molar refractivity (Wildman–Crippen MR) is 97.2 cm³/mol. The molecule has 0 aromatic carbocycles. The normalized spacial score (nSPS) is 27.7. The Labute approximate surface area is 141 Å². The second-order valence-electron chi connectivity index (χ2n) is 7.27. The van der Waals surface area contributed by atoms with Crippen LogP contribution in [0.2, 0.25) is 0 Å². The minimum absolute atomic E-state index is 0.716. The summed E-state index contributed by atoms with van der Waals surface area (Å²) in [6, 6.07) is 0. The fourth-order valence-electron chi connectivity index (χ4n) is 4.06. The van der Waals surface area contributed by atoms with Crippen LogP contribution in [-0.2, 0) is 0 Å². The average molecular weight is 319 g/mol. The van der Waals surface area contributed by atoms with E-state index in [0.717, 1.165) is 13.1 Å². The average Bonchev–Trinajstić information content (AvgIpc) is 2.78. The number of amidine groups is 1. The molecule has 5 heteroatoms. The standard InChI is InChI=1S/C10H18N2.C8H15N3/c1-9-5-2-3-7-12-8-4-6-11-10(9)12;1-10-5-3-7-11-6-2-4-9-8(10)11/h9H,2-8H2,1H3;2-7H2,1H3. The Morgan fingerprint density at radius 1 is 0.783 bits per heavy atom. The van der Waals surface area contributed by atoms with Gasteiger partial charge in [0.1, 0.15) is 5.84 Å². The molecule has 0 N–H and O–H groups in total. The summed E-state index contributed by atoms with van der Waals surface area (Å²) in [5.74, 6) is 3.34. The molecule has 2 saturated heterocycles. The van der Waals surface area contributed by atoms with Crippen molar-refractivity contribution < 1.29 is 0 Å². The van der Waals surface area contributed by atoms with E-state index in [4.69, 9.17) is 0 Å². The molecule has 4 rings (SSSR count). The zero-order valence-electron chi connectivity index (χ0n) is 15.0. The highest BCUT2D eigenvalue weighted by atomic mass is 15.4. The van der Waals surface area contributed by atoms with Gasteiger partial charge < -0.3 is 14.7 Å². The third-order valence-corrected chi connectivity index (χ3v) is 5.33. The molecule has 0 aromatic rings. The Balaban J connectivity index is 0.000000136. The fraction of sp³-hybridized carbons (Fsp3) is 0.889. The van der Waals surface area contributed by atoms with Crippen LogP contribution in [0.1, 0.15) is 45.4 Å². The van der Waals surface area contributed by atoms with Crippen LogP contribution in [0.15, 0.2) is 9.98 Å². The molecule has 0 amide bonds. The van der Waals surface area contributed by atoms with Gasteiger partial charge in [-0.3, -0.25) is 9.98 Å². The van der Waals surface area contributed by atoms with E-state index in [1.165, 1.54) is 83.0 Å². The summed E-state index contributed by atoms with van der Waals surface area (Å²) >= 11 is 0. The molecule has 0 aromatic heterocycles.